The van der Waals surface area contributed by atoms with E-state index >= 15 is 0 Å². The topological polar surface area (TPSA) is 29.1 Å². The summed E-state index contributed by atoms with van der Waals surface area (Å²) in [6.45, 7) is 2.84. The van der Waals surface area contributed by atoms with Crippen LogP contribution in [0.15, 0.2) is 23.1 Å². The van der Waals surface area contributed by atoms with Gasteiger partial charge in [0.25, 0.3) is 0 Å². The number of fused-ring (bicyclic) bond motifs is 1. The van der Waals surface area contributed by atoms with E-state index in [4.69, 9.17) is 0 Å². The number of hydrogen-bond acceptors (Lipinski definition) is 2. The highest BCUT2D eigenvalue weighted by Crippen LogP contribution is 2.23. The molecule has 64 valence electrons. The fourth-order valence-corrected chi connectivity index (χ4v) is 2.56. The molecule has 1 aromatic rings. The van der Waals surface area contributed by atoms with Crippen LogP contribution in [0.5, 0.6) is 0 Å². The Morgan fingerprint density at radius 2 is 2.33 bits per heavy atom. The average molecular weight is 181 g/mol. The van der Waals surface area contributed by atoms with E-state index in [1.54, 1.807) is 0 Å². The van der Waals surface area contributed by atoms with Crippen LogP contribution >= 0.6 is 0 Å². The van der Waals surface area contributed by atoms with Crippen molar-refractivity contribution < 1.29 is 4.21 Å². The van der Waals surface area contributed by atoms with Crippen LogP contribution in [0.4, 0.5) is 5.69 Å². The Hall–Kier alpha value is -0.830. The Morgan fingerprint density at radius 1 is 1.50 bits per heavy atom. The van der Waals surface area contributed by atoms with Gasteiger partial charge in [0.1, 0.15) is 0 Å². The van der Waals surface area contributed by atoms with E-state index in [1.807, 2.05) is 25.1 Å². The number of benzene rings is 1. The molecule has 1 unspecified atom stereocenters. The number of hydrogen-bond donors (Lipinski definition) is 1. The Kier molecular flexibility index (Phi) is 1.89. The van der Waals surface area contributed by atoms with Crippen molar-refractivity contribution in [2.75, 3.05) is 17.6 Å². The van der Waals surface area contributed by atoms with Crippen molar-refractivity contribution in [1.82, 2.24) is 0 Å². The van der Waals surface area contributed by atoms with Gasteiger partial charge in [-0.25, -0.2) is 0 Å². The summed E-state index contributed by atoms with van der Waals surface area (Å²) in [5.41, 5.74) is 2.20. The average Bonchev–Trinajstić information content (AvgIpc) is 2.07. The molecule has 12 heavy (non-hydrogen) atoms. The number of anilines is 1. The molecule has 0 saturated heterocycles. The fourth-order valence-electron chi connectivity index (χ4n) is 1.35. The molecule has 0 amide bonds. The van der Waals surface area contributed by atoms with Crippen LogP contribution in [0.2, 0.25) is 0 Å². The minimum absolute atomic E-state index is 0.733. The summed E-state index contributed by atoms with van der Waals surface area (Å²) in [5, 5.41) is 3.23. The summed E-state index contributed by atoms with van der Waals surface area (Å²) in [4.78, 5) is 0.959. The van der Waals surface area contributed by atoms with E-state index in [1.165, 1.54) is 5.56 Å². The molecule has 1 heterocycles. The first kappa shape index (κ1) is 7.80. The first-order valence-corrected chi connectivity index (χ1v) is 5.32. The van der Waals surface area contributed by atoms with E-state index in [9.17, 15) is 4.21 Å². The standard InChI is InChI=1S/C9H11NOS/c1-7-2-3-8-9(6-7)12(11)5-4-10-8/h2-3,6,10H,4-5H2,1H3. The quantitative estimate of drug-likeness (QED) is 0.657. The summed E-state index contributed by atoms with van der Waals surface area (Å²) in [6.07, 6.45) is 0. The first-order valence-electron chi connectivity index (χ1n) is 4.00. The summed E-state index contributed by atoms with van der Waals surface area (Å²) >= 11 is 0. The van der Waals surface area contributed by atoms with E-state index in [0.29, 0.717) is 0 Å². The second kappa shape index (κ2) is 2.90. The van der Waals surface area contributed by atoms with Crippen molar-refractivity contribution in [3.8, 4) is 0 Å². The van der Waals surface area contributed by atoms with Gasteiger partial charge < -0.3 is 5.32 Å². The van der Waals surface area contributed by atoms with Crippen molar-refractivity contribution in [2.24, 2.45) is 0 Å². The molecule has 1 aliphatic rings. The highest BCUT2D eigenvalue weighted by Gasteiger charge is 2.14. The molecule has 1 aliphatic heterocycles. The Labute approximate surface area is 74.4 Å². The van der Waals surface area contributed by atoms with Gasteiger partial charge in [-0.3, -0.25) is 4.21 Å². The zero-order chi connectivity index (χ0) is 8.55. The summed E-state index contributed by atoms with van der Waals surface area (Å²) in [5.74, 6) is 0.733. The second-order valence-electron chi connectivity index (χ2n) is 2.98. The minimum Gasteiger partial charge on any atom is -0.383 e. The van der Waals surface area contributed by atoms with E-state index in [0.717, 1.165) is 22.9 Å². The summed E-state index contributed by atoms with van der Waals surface area (Å²) in [7, 11) is -0.788. The summed E-state index contributed by atoms with van der Waals surface area (Å²) < 4.78 is 11.5. The van der Waals surface area contributed by atoms with Gasteiger partial charge in [0, 0.05) is 12.3 Å². The van der Waals surface area contributed by atoms with Gasteiger partial charge in [0.05, 0.1) is 21.4 Å². The highest BCUT2D eigenvalue weighted by molar-refractivity contribution is 7.85. The third kappa shape index (κ3) is 1.25. The maximum Gasteiger partial charge on any atom is 0.0622 e. The molecule has 0 saturated carbocycles. The van der Waals surface area contributed by atoms with Crippen LogP contribution in [0, 0.1) is 6.92 Å². The molecule has 0 spiro atoms. The molecule has 1 aromatic carbocycles. The third-order valence-corrected chi connectivity index (χ3v) is 3.39. The van der Waals surface area contributed by atoms with E-state index in [-0.39, 0.29) is 0 Å². The SMILES string of the molecule is Cc1ccc2c(c1)S(=O)CCN2. The molecule has 0 aliphatic carbocycles. The van der Waals surface area contributed by atoms with Crippen LogP contribution in [0.3, 0.4) is 0 Å². The van der Waals surface area contributed by atoms with E-state index in [2.05, 4.69) is 5.32 Å². The van der Waals surface area contributed by atoms with Gasteiger partial charge in [-0.2, -0.15) is 0 Å². The molecule has 2 rings (SSSR count). The van der Waals surface area contributed by atoms with Crippen molar-refractivity contribution in [3.63, 3.8) is 0 Å². The maximum absolute atomic E-state index is 11.5. The molecule has 1 N–H and O–H groups in total. The maximum atomic E-state index is 11.5. The van der Waals surface area contributed by atoms with Crippen molar-refractivity contribution in [1.29, 1.82) is 0 Å². The minimum atomic E-state index is -0.788. The third-order valence-electron chi connectivity index (χ3n) is 1.99. The van der Waals surface area contributed by atoms with Gasteiger partial charge in [-0.15, -0.1) is 0 Å². The lowest BCUT2D eigenvalue weighted by atomic mass is 10.2. The molecular formula is C9H11NOS. The lowest BCUT2D eigenvalue weighted by Gasteiger charge is -2.17. The molecule has 0 aromatic heterocycles. The monoisotopic (exact) mass is 181 g/mol. The van der Waals surface area contributed by atoms with Crippen molar-refractivity contribution >= 4 is 16.5 Å². The molecule has 0 radical (unpaired) electrons. The smallest absolute Gasteiger partial charge is 0.0622 e. The van der Waals surface area contributed by atoms with Gasteiger partial charge in [0.2, 0.25) is 0 Å². The van der Waals surface area contributed by atoms with Gasteiger partial charge in [0.15, 0.2) is 0 Å². The lowest BCUT2D eigenvalue weighted by molar-refractivity contribution is 0.682. The molecular weight excluding hydrogens is 170 g/mol. The molecule has 2 nitrogen and oxygen atoms in total. The number of aryl methyl sites for hydroxylation is 1. The highest BCUT2D eigenvalue weighted by atomic mass is 32.2. The fraction of sp³-hybridized carbons (Fsp3) is 0.333. The largest absolute Gasteiger partial charge is 0.383 e. The van der Waals surface area contributed by atoms with Gasteiger partial charge in [-0.1, -0.05) is 6.07 Å². The Bertz CT molecular complexity index is 335. The predicted octanol–water partition coefficient (Wildman–Crippen LogP) is 1.53. The van der Waals surface area contributed by atoms with E-state index < -0.39 is 10.8 Å². The predicted molar refractivity (Wildman–Crippen MR) is 50.9 cm³/mol. The Balaban J connectivity index is 2.54. The normalized spacial score (nSPS) is 21.2. The summed E-state index contributed by atoms with van der Waals surface area (Å²) in [6, 6.07) is 6.04. The molecule has 0 fully saturated rings. The molecule has 1 atom stereocenters. The van der Waals surface area contributed by atoms with Crippen LogP contribution in [0.1, 0.15) is 5.56 Å². The zero-order valence-electron chi connectivity index (χ0n) is 6.96. The van der Waals surface area contributed by atoms with Crippen LogP contribution in [-0.4, -0.2) is 16.5 Å². The molecule has 0 bridgehead atoms. The number of rotatable bonds is 0. The molecule has 3 heteroatoms. The van der Waals surface area contributed by atoms with Crippen LogP contribution < -0.4 is 5.32 Å². The number of nitrogens with one attached hydrogen (secondary N) is 1. The second-order valence-corrected chi connectivity index (χ2v) is 4.52. The van der Waals surface area contributed by atoms with Gasteiger partial charge in [-0.05, 0) is 24.6 Å². The first-order chi connectivity index (χ1) is 5.77. The lowest BCUT2D eigenvalue weighted by Crippen LogP contribution is -2.18. The Morgan fingerprint density at radius 3 is 3.17 bits per heavy atom. The zero-order valence-corrected chi connectivity index (χ0v) is 7.78. The van der Waals surface area contributed by atoms with Crippen molar-refractivity contribution in [3.05, 3.63) is 23.8 Å². The van der Waals surface area contributed by atoms with Gasteiger partial charge >= 0.3 is 0 Å². The van der Waals surface area contributed by atoms with Crippen LogP contribution in [0.25, 0.3) is 0 Å². The van der Waals surface area contributed by atoms with Crippen LogP contribution in [-0.2, 0) is 10.8 Å². The van der Waals surface area contributed by atoms with Crippen molar-refractivity contribution in [2.45, 2.75) is 11.8 Å².